The summed E-state index contributed by atoms with van der Waals surface area (Å²) in [7, 11) is 0. The van der Waals surface area contributed by atoms with Crippen LogP contribution in [0.3, 0.4) is 0 Å². The summed E-state index contributed by atoms with van der Waals surface area (Å²) in [6.07, 6.45) is 1.56. The standard InChI is InChI=1S/C18H16BrN3O2/c1-12-6-7-13(10-15(12)19)21-18(24)8-9-22-16-5-3-2-4-14(16)17(23)11-20-22/h2-7,10-11H,8-9H2,1H3,(H,21,24). The molecule has 0 aliphatic rings. The minimum Gasteiger partial charge on any atom is -0.326 e. The number of para-hydroxylation sites is 1. The van der Waals surface area contributed by atoms with E-state index in [1.165, 1.54) is 6.20 Å². The third kappa shape index (κ3) is 3.54. The predicted molar refractivity (Wildman–Crippen MR) is 98.1 cm³/mol. The summed E-state index contributed by atoms with van der Waals surface area (Å²) in [5, 5.41) is 7.60. The second-order valence-electron chi connectivity index (χ2n) is 5.51. The minimum absolute atomic E-state index is 0.102. The summed E-state index contributed by atoms with van der Waals surface area (Å²) < 4.78 is 2.63. The van der Waals surface area contributed by atoms with Gasteiger partial charge in [0.25, 0.3) is 0 Å². The number of aryl methyl sites for hydroxylation is 2. The second-order valence-corrected chi connectivity index (χ2v) is 6.37. The lowest BCUT2D eigenvalue weighted by atomic mass is 10.2. The predicted octanol–water partition coefficient (Wildman–Crippen LogP) is 3.50. The van der Waals surface area contributed by atoms with E-state index in [2.05, 4.69) is 26.3 Å². The molecule has 0 atom stereocenters. The number of rotatable bonds is 4. The highest BCUT2D eigenvalue weighted by molar-refractivity contribution is 9.10. The molecule has 0 spiro atoms. The molecule has 2 aromatic carbocycles. The summed E-state index contributed by atoms with van der Waals surface area (Å²) in [6.45, 7) is 2.39. The van der Waals surface area contributed by atoms with Gasteiger partial charge in [0.2, 0.25) is 11.3 Å². The molecule has 1 heterocycles. The fourth-order valence-electron chi connectivity index (χ4n) is 2.44. The highest BCUT2D eigenvalue weighted by atomic mass is 79.9. The molecule has 24 heavy (non-hydrogen) atoms. The van der Waals surface area contributed by atoms with Crippen molar-refractivity contribution in [2.45, 2.75) is 19.9 Å². The van der Waals surface area contributed by atoms with Crippen molar-refractivity contribution in [3.63, 3.8) is 0 Å². The molecule has 3 rings (SSSR count). The largest absolute Gasteiger partial charge is 0.326 e. The Morgan fingerprint density at radius 1 is 1.25 bits per heavy atom. The number of aromatic nitrogens is 2. The fourth-order valence-corrected chi connectivity index (χ4v) is 2.82. The van der Waals surface area contributed by atoms with Crippen LogP contribution >= 0.6 is 15.9 Å². The van der Waals surface area contributed by atoms with Crippen LogP contribution in [0.25, 0.3) is 10.9 Å². The molecule has 0 radical (unpaired) electrons. The van der Waals surface area contributed by atoms with Gasteiger partial charge in [0.1, 0.15) is 0 Å². The van der Waals surface area contributed by atoms with E-state index >= 15 is 0 Å². The summed E-state index contributed by atoms with van der Waals surface area (Å²) in [6, 6.07) is 12.9. The molecule has 3 aromatic rings. The topological polar surface area (TPSA) is 64.0 Å². The van der Waals surface area contributed by atoms with Crippen LogP contribution < -0.4 is 10.7 Å². The van der Waals surface area contributed by atoms with Gasteiger partial charge in [0, 0.05) is 22.0 Å². The van der Waals surface area contributed by atoms with Gasteiger partial charge in [-0.2, -0.15) is 5.10 Å². The van der Waals surface area contributed by atoms with Crippen molar-refractivity contribution in [2.24, 2.45) is 0 Å². The van der Waals surface area contributed by atoms with E-state index in [-0.39, 0.29) is 17.8 Å². The number of carbonyl (C=O) groups is 1. The molecule has 0 aliphatic heterocycles. The molecular weight excluding hydrogens is 370 g/mol. The van der Waals surface area contributed by atoms with Gasteiger partial charge in [0.15, 0.2) is 0 Å². The minimum atomic E-state index is -0.115. The third-order valence-electron chi connectivity index (χ3n) is 3.77. The van der Waals surface area contributed by atoms with Crippen LogP contribution in [0, 0.1) is 6.92 Å². The summed E-state index contributed by atoms with van der Waals surface area (Å²) in [5.41, 5.74) is 2.47. The highest BCUT2D eigenvalue weighted by Crippen LogP contribution is 2.20. The molecule has 6 heteroatoms. The van der Waals surface area contributed by atoms with Gasteiger partial charge in [0.05, 0.1) is 18.3 Å². The van der Waals surface area contributed by atoms with E-state index in [4.69, 9.17) is 0 Å². The first-order chi connectivity index (χ1) is 11.5. The lowest BCUT2D eigenvalue weighted by Crippen LogP contribution is -2.18. The lowest BCUT2D eigenvalue weighted by molar-refractivity contribution is -0.116. The molecule has 0 bridgehead atoms. The summed E-state index contributed by atoms with van der Waals surface area (Å²) in [4.78, 5) is 24.0. The number of carbonyl (C=O) groups excluding carboxylic acids is 1. The smallest absolute Gasteiger partial charge is 0.226 e. The van der Waals surface area contributed by atoms with Gasteiger partial charge in [-0.25, -0.2) is 0 Å². The van der Waals surface area contributed by atoms with Crippen molar-refractivity contribution in [1.29, 1.82) is 0 Å². The van der Waals surface area contributed by atoms with Crippen molar-refractivity contribution in [2.75, 3.05) is 5.32 Å². The van der Waals surface area contributed by atoms with Gasteiger partial charge in [-0.1, -0.05) is 34.1 Å². The zero-order valence-corrected chi connectivity index (χ0v) is 14.7. The Morgan fingerprint density at radius 2 is 2.04 bits per heavy atom. The molecule has 1 amide bonds. The van der Waals surface area contributed by atoms with E-state index in [1.54, 1.807) is 10.7 Å². The van der Waals surface area contributed by atoms with Crippen LogP contribution in [-0.4, -0.2) is 15.7 Å². The van der Waals surface area contributed by atoms with Gasteiger partial charge >= 0.3 is 0 Å². The number of hydrogen-bond donors (Lipinski definition) is 1. The van der Waals surface area contributed by atoms with E-state index < -0.39 is 0 Å². The Labute approximate surface area is 147 Å². The molecule has 1 aromatic heterocycles. The third-order valence-corrected chi connectivity index (χ3v) is 4.62. The first-order valence-electron chi connectivity index (χ1n) is 7.55. The van der Waals surface area contributed by atoms with E-state index in [0.29, 0.717) is 11.9 Å². The van der Waals surface area contributed by atoms with E-state index in [9.17, 15) is 9.59 Å². The maximum Gasteiger partial charge on any atom is 0.226 e. The van der Waals surface area contributed by atoms with Crippen LogP contribution in [0.1, 0.15) is 12.0 Å². The first-order valence-corrected chi connectivity index (χ1v) is 8.35. The Morgan fingerprint density at radius 3 is 2.83 bits per heavy atom. The van der Waals surface area contributed by atoms with Crippen LogP contribution in [0.5, 0.6) is 0 Å². The fraction of sp³-hybridized carbons (Fsp3) is 0.167. The van der Waals surface area contributed by atoms with Crippen molar-refractivity contribution in [3.8, 4) is 0 Å². The van der Waals surface area contributed by atoms with Gasteiger partial charge < -0.3 is 5.32 Å². The van der Waals surface area contributed by atoms with Gasteiger partial charge in [-0.3, -0.25) is 14.3 Å². The number of hydrogen-bond acceptors (Lipinski definition) is 3. The SMILES string of the molecule is Cc1ccc(NC(=O)CCn2ncc(=O)c3ccccc32)cc1Br. The Balaban J connectivity index is 1.72. The van der Waals surface area contributed by atoms with Crippen LogP contribution in [0.15, 0.2) is 57.9 Å². The van der Waals surface area contributed by atoms with Crippen molar-refractivity contribution >= 4 is 38.4 Å². The second kappa shape index (κ2) is 6.97. The average Bonchev–Trinajstić information content (AvgIpc) is 2.58. The normalized spacial score (nSPS) is 10.8. The zero-order valence-electron chi connectivity index (χ0n) is 13.1. The van der Waals surface area contributed by atoms with Crippen molar-refractivity contribution < 1.29 is 4.79 Å². The number of fused-ring (bicyclic) bond motifs is 1. The van der Waals surface area contributed by atoms with Crippen molar-refractivity contribution in [1.82, 2.24) is 9.78 Å². The average molecular weight is 386 g/mol. The monoisotopic (exact) mass is 385 g/mol. The maximum atomic E-state index is 12.2. The molecule has 0 saturated carbocycles. The Bertz CT molecular complexity index is 966. The highest BCUT2D eigenvalue weighted by Gasteiger charge is 2.07. The summed E-state index contributed by atoms with van der Waals surface area (Å²) >= 11 is 3.45. The number of benzene rings is 2. The maximum absolute atomic E-state index is 12.2. The first kappa shape index (κ1) is 16.4. The van der Waals surface area contributed by atoms with Gasteiger partial charge in [-0.05, 0) is 36.8 Å². The van der Waals surface area contributed by atoms with E-state index in [1.807, 2.05) is 43.3 Å². The molecule has 0 aliphatic carbocycles. The Hall–Kier alpha value is -2.47. The molecule has 0 unspecified atom stereocenters. The van der Waals surface area contributed by atoms with Gasteiger partial charge in [-0.15, -0.1) is 0 Å². The molecule has 0 saturated heterocycles. The number of halogens is 1. The molecule has 5 nitrogen and oxygen atoms in total. The number of nitrogens with zero attached hydrogens (tertiary/aromatic N) is 2. The molecule has 122 valence electrons. The molecule has 1 N–H and O–H groups in total. The molecule has 0 fully saturated rings. The van der Waals surface area contributed by atoms with Crippen LogP contribution in [0.4, 0.5) is 5.69 Å². The number of amides is 1. The lowest BCUT2D eigenvalue weighted by Gasteiger charge is -2.10. The van der Waals surface area contributed by atoms with E-state index in [0.717, 1.165) is 21.2 Å². The Kier molecular flexibility index (Phi) is 4.76. The quantitative estimate of drug-likeness (QED) is 0.747. The zero-order chi connectivity index (χ0) is 17.1. The van der Waals surface area contributed by atoms with Crippen LogP contribution in [-0.2, 0) is 11.3 Å². The molecular formula is C18H16BrN3O2. The number of anilines is 1. The number of nitrogens with one attached hydrogen (secondary N) is 1. The van der Waals surface area contributed by atoms with Crippen molar-refractivity contribution in [3.05, 3.63) is 68.9 Å². The van der Waals surface area contributed by atoms with Crippen LogP contribution in [0.2, 0.25) is 0 Å². The summed E-state index contributed by atoms with van der Waals surface area (Å²) in [5.74, 6) is -0.102.